The summed E-state index contributed by atoms with van der Waals surface area (Å²) in [6.45, 7) is -0.338. The van der Waals surface area contributed by atoms with Gasteiger partial charge in [-0.2, -0.15) is 13.2 Å². The Hall–Kier alpha value is -3.03. The first kappa shape index (κ1) is 16.8. The Labute approximate surface area is 140 Å². The highest BCUT2D eigenvalue weighted by molar-refractivity contribution is 5.84. The maximum atomic E-state index is 12.7. The molecule has 0 fully saturated rings. The minimum Gasteiger partial charge on any atom is -0.486 e. The topological polar surface area (TPSA) is 70.1 Å². The highest BCUT2D eigenvalue weighted by atomic mass is 19.4. The second kappa shape index (κ2) is 6.46. The van der Waals surface area contributed by atoms with Crippen LogP contribution in [0.3, 0.4) is 0 Å². The highest BCUT2D eigenvalue weighted by Gasteiger charge is 2.30. The van der Waals surface area contributed by atoms with Crippen molar-refractivity contribution in [3.8, 4) is 5.75 Å². The Morgan fingerprint density at radius 2 is 2.00 bits per heavy atom. The molecule has 0 atom stereocenters. The van der Waals surface area contributed by atoms with Gasteiger partial charge in [-0.1, -0.05) is 6.07 Å². The predicted octanol–water partition coefficient (Wildman–Crippen LogP) is 3.29. The van der Waals surface area contributed by atoms with Crippen molar-refractivity contribution in [3.63, 3.8) is 0 Å². The number of ketones is 1. The molecule has 130 valence electrons. The molecule has 1 heterocycles. The third kappa shape index (κ3) is 3.90. The monoisotopic (exact) mass is 349 g/mol. The molecule has 0 bridgehead atoms. The molecular formula is C17H14F3N3O2. The third-order valence-electron chi connectivity index (χ3n) is 3.55. The highest BCUT2D eigenvalue weighted by Crippen LogP contribution is 2.31. The smallest absolute Gasteiger partial charge is 0.416 e. The lowest BCUT2D eigenvalue weighted by Gasteiger charge is -2.10. The fourth-order valence-electron chi connectivity index (χ4n) is 2.37. The third-order valence-corrected chi connectivity index (χ3v) is 3.55. The van der Waals surface area contributed by atoms with E-state index in [1.165, 1.54) is 18.5 Å². The number of alkyl halides is 3. The number of nitrogens with two attached hydrogens (primary N) is 1. The number of hydrogen-bond acceptors (Lipinski definition) is 4. The van der Waals surface area contributed by atoms with Crippen LogP contribution in [0.4, 0.5) is 18.9 Å². The molecule has 5 nitrogen and oxygen atoms in total. The van der Waals surface area contributed by atoms with Crippen molar-refractivity contribution in [2.45, 2.75) is 12.7 Å². The van der Waals surface area contributed by atoms with Gasteiger partial charge in [0, 0.05) is 5.69 Å². The first-order chi connectivity index (χ1) is 11.8. The molecule has 0 amide bonds. The average molecular weight is 349 g/mol. The van der Waals surface area contributed by atoms with E-state index in [2.05, 4.69) is 4.98 Å². The zero-order valence-corrected chi connectivity index (χ0v) is 13.0. The van der Waals surface area contributed by atoms with Gasteiger partial charge >= 0.3 is 6.18 Å². The summed E-state index contributed by atoms with van der Waals surface area (Å²) in [4.78, 5) is 16.2. The van der Waals surface area contributed by atoms with Crippen LogP contribution in [0, 0.1) is 0 Å². The van der Waals surface area contributed by atoms with Gasteiger partial charge in [0.25, 0.3) is 0 Å². The van der Waals surface area contributed by atoms with Crippen LogP contribution in [0.2, 0.25) is 0 Å². The van der Waals surface area contributed by atoms with Crippen molar-refractivity contribution in [1.29, 1.82) is 0 Å². The fourth-order valence-corrected chi connectivity index (χ4v) is 2.37. The van der Waals surface area contributed by atoms with Crippen LogP contribution in [0.5, 0.6) is 5.75 Å². The molecule has 0 aliphatic heterocycles. The number of ether oxygens (including phenoxy) is 1. The number of halogens is 3. The van der Waals surface area contributed by atoms with Crippen molar-refractivity contribution >= 4 is 22.5 Å². The molecule has 2 N–H and O–H groups in total. The van der Waals surface area contributed by atoms with Crippen molar-refractivity contribution in [2.24, 2.45) is 0 Å². The lowest BCUT2D eigenvalue weighted by atomic mass is 10.2. The molecule has 2 aromatic carbocycles. The molecular weight excluding hydrogens is 335 g/mol. The van der Waals surface area contributed by atoms with E-state index < -0.39 is 11.7 Å². The lowest BCUT2D eigenvalue weighted by molar-refractivity contribution is -0.137. The summed E-state index contributed by atoms with van der Waals surface area (Å²) in [5, 5.41) is 0. The van der Waals surface area contributed by atoms with E-state index in [4.69, 9.17) is 10.5 Å². The molecule has 0 unspecified atom stereocenters. The molecule has 8 heteroatoms. The number of fused-ring (bicyclic) bond motifs is 1. The van der Waals surface area contributed by atoms with Crippen LogP contribution >= 0.6 is 0 Å². The van der Waals surface area contributed by atoms with Crippen LogP contribution in [-0.4, -0.2) is 21.9 Å². The Morgan fingerprint density at radius 1 is 1.20 bits per heavy atom. The summed E-state index contributed by atoms with van der Waals surface area (Å²) in [5.74, 6) is -0.306. The molecule has 0 radical (unpaired) electrons. The van der Waals surface area contributed by atoms with E-state index in [0.717, 1.165) is 17.6 Å². The maximum absolute atomic E-state index is 12.7. The van der Waals surface area contributed by atoms with Gasteiger partial charge in [-0.05, 0) is 36.4 Å². The van der Waals surface area contributed by atoms with E-state index in [9.17, 15) is 18.0 Å². The molecule has 0 spiro atoms. The minimum atomic E-state index is -4.46. The van der Waals surface area contributed by atoms with E-state index in [-0.39, 0.29) is 24.7 Å². The van der Waals surface area contributed by atoms with Crippen molar-refractivity contribution < 1.29 is 22.7 Å². The molecule has 0 aliphatic rings. The van der Waals surface area contributed by atoms with Gasteiger partial charge < -0.3 is 15.0 Å². The minimum absolute atomic E-state index is 0.000615. The quantitative estimate of drug-likeness (QED) is 0.718. The number of imidazole rings is 1. The largest absolute Gasteiger partial charge is 0.486 e. The summed E-state index contributed by atoms with van der Waals surface area (Å²) in [7, 11) is 0. The average Bonchev–Trinajstić information content (AvgIpc) is 2.94. The lowest BCUT2D eigenvalue weighted by Crippen LogP contribution is -2.17. The Bertz CT molecular complexity index is 919. The number of hydrogen-bond donors (Lipinski definition) is 1. The number of carbonyl (C=O) groups is 1. The maximum Gasteiger partial charge on any atom is 0.416 e. The van der Waals surface area contributed by atoms with Gasteiger partial charge in [0.05, 0.1) is 29.5 Å². The Balaban J connectivity index is 1.65. The first-order valence-corrected chi connectivity index (χ1v) is 7.35. The van der Waals surface area contributed by atoms with E-state index in [1.54, 1.807) is 22.8 Å². The summed E-state index contributed by atoms with van der Waals surface area (Å²) in [6.07, 6.45) is -2.95. The number of benzene rings is 2. The van der Waals surface area contributed by atoms with Gasteiger partial charge in [0.15, 0.2) is 5.78 Å². The van der Waals surface area contributed by atoms with E-state index in [1.807, 2.05) is 0 Å². The van der Waals surface area contributed by atoms with E-state index >= 15 is 0 Å². The second-order valence-electron chi connectivity index (χ2n) is 5.47. The summed E-state index contributed by atoms with van der Waals surface area (Å²) < 4.78 is 44.8. The normalized spacial score (nSPS) is 11.6. The second-order valence-corrected chi connectivity index (χ2v) is 5.47. The summed E-state index contributed by atoms with van der Waals surface area (Å²) in [5.41, 5.74) is 6.81. The first-order valence-electron chi connectivity index (χ1n) is 7.35. The van der Waals surface area contributed by atoms with Crippen molar-refractivity contribution in [1.82, 2.24) is 9.55 Å². The number of anilines is 1. The van der Waals surface area contributed by atoms with Gasteiger partial charge in [-0.15, -0.1) is 0 Å². The Morgan fingerprint density at radius 3 is 2.76 bits per heavy atom. The molecule has 3 aromatic rings. The van der Waals surface area contributed by atoms with Crippen LogP contribution in [-0.2, 0) is 17.5 Å². The van der Waals surface area contributed by atoms with Crippen LogP contribution in [0.25, 0.3) is 11.0 Å². The summed E-state index contributed by atoms with van der Waals surface area (Å²) in [6, 6.07) is 9.55. The zero-order chi connectivity index (χ0) is 18.0. The number of carbonyl (C=O) groups excluding carboxylic acids is 1. The summed E-state index contributed by atoms with van der Waals surface area (Å²) >= 11 is 0. The van der Waals surface area contributed by atoms with Gasteiger partial charge in [-0.3, -0.25) is 4.79 Å². The molecule has 3 rings (SSSR count). The number of nitrogen functional groups attached to an aromatic ring is 1. The van der Waals surface area contributed by atoms with Crippen LogP contribution in [0.1, 0.15) is 5.56 Å². The molecule has 1 aromatic heterocycles. The van der Waals surface area contributed by atoms with Crippen LogP contribution < -0.4 is 10.5 Å². The van der Waals surface area contributed by atoms with Gasteiger partial charge in [0.2, 0.25) is 0 Å². The van der Waals surface area contributed by atoms with Crippen molar-refractivity contribution in [2.75, 3.05) is 12.3 Å². The number of rotatable bonds is 5. The fraction of sp³-hybridized carbons (Fsp3) is 0.176. The van der Waals surface area contributed by atoms with Crippen molar-refractivity contribution in [3.05, 3.63) is 54.4 Å². The molecule has 0 aliphatic carbocycles. The number of aromatic nitrogens is 2. The zero-order valence-electron chi connectivity index (χ0n) is 13.0. The van der Waals surface area contributed by atoms with Crippen LogP contribution in [0.15, 0.2) is 48.8 Å². The predicted molar refractivity (Wildman–Crippen MR) is 86.1 cm³/mol. The SMILES string of the molecule is Nc1ccc2c(c1)ncn2CC(=O)COc1cccc(C(F)(F)F)c1. The molecule has 25 heavy (non-hydrogen) atoms. The molecule has 0 saturated carbocycles. The number of nitrogens with zero attached hydrogens (tertiary/aromatic N) is 2. The van der Waals surface area contributed by atoms with Gasteiger partial charge in [-0.25, -0.2) is 4.98 Å². The van der Waals surface area contributed by atoms with E-state index in [0.29, 0.717) is 11.2 Å². The Kier molecular flexibility index (Phi) is 4.35. The molecule has 0 saturated heterocycles. The van der Waals surface area contributed by atoms with Gasteiger partial charge in [0.1, 0.15) is 12.4 Å². The standard InChI is InChI=1S/C17H14F3N3O2/c18-17(19,20)11-2-1-3-14(6-11)25-9-13(24)8-23-10-22-15-7-12(21)4-5-16(15)23/h1-7,10H,8-9,21H2. The number of Topliss-reactive ketones (excluding diaryl/α,β-unsaturated/α-hetero) is 1.